The fraction of sp³-hybridized carbons (Fsp3) is 0.417. The van der Waals surface area contributed by atoms with Gasteiger partial charge in [-0.2, -0.15) is 0 Å². The molecule has 1 rings (SSSR count). The lowest BCUT2D eigenvalue weighted by molar-refractivity contribution is -0.131. The van der Waals surface area contributed by atoms with Gasteiger partial charge in [0.1, 0.15) is 11.6 Å². The van der Waals surface area contributed by atoms with Crippen molar-refractivity contribution in [2.75, 3.05) is 13.6 Å². The van der Waals surface area contributed by atoms with Gasteiger partial charge < -0.3 is 15.2 Å². The van der Waals surface area contributed by atoms with Gasteiger partial charge in [-0.3, -0.25) is 14.4 Å². The number of carbonyl (C=O) groups is 2. The molecule has 1 heterocycles. The van der Waals surface area contributed by atoms with Crippen LogP contribution < -0.4 is 10.7 Å². The summed E-state index contributed by atoms with van der Waals surface area (Å²) in [5.74, 6) is -0.750. The quantitative estimate of drug-likeness (QED) is 0.788. The van der Waals surface area contributed by atoms with Gasteiger partial charge in [0, 0.05) is 32.1 Å². The zero-order valence-corrected chi connectivity index (χ0v) is 10.7. The maximum absolute atomic E-state index is 11.8. The van der Waals surface area contributed by atoms with Crippen molar-refractivity contribution in [3.05, 3.63) is 34.2 Å². The van der Waals surface area contributed by atoms with Crippen LogP contribution in [0.15, 0.2) is 23.3 Å². The minimum absolute atomic E-state index is 0.00342. The van der Waals surface area contributed by atoms with E-state index in [1.807, 2.05) is 6.92 Å². The molecule has 0 aliphatic rings. The lowest BCUT2D eigenvalue weighted by Crippen LogP contribution is -2.46. The molecule has 1 atom stereocenters. The maximum Gasteiger partial charge on any atom is 0.257 e. The highest BCUT2D eigenvalue weighted by Gasteiger charge is 2.20. The van der Waals surface area contributed by atoms with E-state index in [0.717, 1.165) is 0 Å². The first-order valence-electron chi connectivity index (χ1n) is 5.70. The highest BCUT2D eigenvalue weighted by atomic mass is 16.2. The number of nitrogens with one attached hydrogen (secondary N) is 2. The van der Waals surface area contributed by atoms with E-state index in [9.17, 15) is 14.4 Å². The summed E-state index contributed by atoms with van der Waals surface area (Å²) in [7, 11) is 1.65. The summed E-state index contributed by atoms with van der Waals surface area (Å²) in [6, 6.07) is 0.599. The fourth-order valence-corrected chi connectivity index (χ4v) is 1.42. The molecule has 2 amide bonds. The van der Waals surface area contributed by atoms with E-state index in [4.69, 9.17) is 0 Å². The molecule has 6 heteroatoms. The molecule has 0 aliphatic heterocycles. The first kappa shape index (κ1) is 14.0. The number of amides is 2. The summed E-state index contributed by atoms with van der Waals surface area (Å²) in [6.07, 6.45) is 2.76. The highest BCUT2D eigenvalue weighted by Crippen LogP contribution is 1.94. The van der Waals surface area contributed by atoms with Gasteiger partial charge in [-0.15, -0.1) is 0 Å². The molecule has 2 N–H and O–H groups in total. The number of pyridine rings is 1. The molecule has 0 radical (unpaired) electrons. The van der Waals surface area contributed by atoms with Gasteiger partial charge in [0.05, 0.1) is 0 Å². The van der Waals surface area contributed by atoms with Crippen LogP contribution in [0.1, 0.15) is 24.2 Å². The smallest absolute Gasteiger partial charge is 0.257 e. The molecule has 0 spiro atoms. The number of likely N-dealkylation sites (N-methyl/N-ethyl adjacent to an activating group) is 1. The molecule has 1 aromatic heterocycles. The molecule has 6 nitrogen and oxygen atoms in total. The van der Waals surface area contributed by atoms with Gasteiger partial charge in [-0.05, 0) is 13.8 Å². The summed E-state index contributed by atoms with van der Waals surface area (Å²) in [5, 5.41) is 2.50. The predicted molar refractivity (Wildman–Crippen MR) is 67.3 cm³/mol. The minimum atomic E-state index is -0.665. The van der Waals surface area contributed by atoms with Crippen LogP contribution in [-0.2, 0) is 4.79 Å². The first-order chi connectivity index (χ1) is 8.47. The summed E-state index contributed by atoms with van der Waals surface area (Å²) in [6.45, 7) is 3.99. The van der Waals surface area contributed by atoms with E-state index >= 15 is 0 Å². The lowest BCUT2D eigenvalue weighted by atomic mass is 10.2. The molecule has 1 unspecified atom stereocenters. The molecule has 0 fully saturated rings. The third-order valence-corrected chi connectivity index (χ3v) is 2.64. The maximum atomic E-state index is 11.8. The van der Waals surface area contributed by atoms with Crippen molar-refractivity contribution in [2.45, 2.75) is 19.9 Å². The van der Waals surface area contributed by atoms with Crippen LogP contribution in [-0.4, -0.2) is 41.3 Å². The van der Waals surface area contributed by atoms with Crippen LogP contribution in [0.3, 0.4) is 0 Å². The molecule has 0 aliphatic carbocycles. The number of aromatic nitrogens is 1. The summed E-state index contributed by atoms with van der Waals surface area (Å²) < 4.78 is 0. The van der Waals surface area contributed by atoms with Gasteiger partial charge in [0.2, 0.25) is 5.91 Å². The van der Waals surface area contributed by atoms with Gasteiger partial charge in [0.15, 0.2) is 5.43 Å². The van der Waals surface area contributed by atoms with Crippen molar-refractivity contribution in [1.29, 1.82) is 0 Å². The Kier molecular flexibility index (Phi) is 4.65. The number of hydrogen-bond donors (Lipinski definition) is 2. The average Bonchev–Trinajstić information content (AvgIpc) is 2.37. The van der Waals surface area contributed by atoms with Crippen molar-refractivity contribution < 1.29 is 9.59 Å². The second-order valence-electron chi connectivity index (χ2n) is 3.97. The molecule has 0 bridgehead atoms. The van der Waals surface area contributed by atoms with Crippen molar-refractivity contribution in [1.82, 2.24) is 15.2 Å². The zero-order chi connectivity index (χ0) is 13.7. The number of hydrogen-bond acceptors (Lipinski definition) is 3. The van der Waals surface area contributed by atoms with E-state index in [0.29, 0.717) is 6.54 Å². The Morgan fingerprint density at radius 3 is 2.72 bits per heavy atom. The van der Waals surface area contributed by atoms with E-state index in [-0.39, 0.29) is 16.9 Å². The minimum Gasteiger partial charge on any atom is -0.367 e. The molecular formula is C12H17N3O3. The number of aromatic amines is 1. The first-order valence-corrected chi connectivity index (χ1v) is 5.70. The standard InChI is InChI=1S/C12H17N3O3/c1-4-15(3)12(18)8(2)14-11(17)9-7-13-6-5-10(9)16/h5-8H,4H2,1-3H3,(H,13,16)(H,14,17). The lowest BCUT2D eigenvalue weighted by Gasteiger charge is -2.20. The van der Waals surface area contributed by atoms with Gasteiger partial charge >= 0.3 is 0 Å². The van der Waals surface area contributed by atoms with E-state index in [1.165, 1.54) is 23.4 Å². The Morgan fingerprint density at radius 2 is 2.17 bits per heavy atom. The highest BCUT2D eigenvalue weighted by molar-refractivity contribution is 5.97. The topological polar surface area (TPSA) is 82.3 Å². The Bertz CT molecular complexity index is 495. The zero-order valence-electron chi connectivity index (χ0n) is 10.7. The molecule has 0 saturated carbocycles. The van der Waals surface area contributed by atoms with E-state index < -0.39 is 11.9 Å². The number of carbonyl (C=O) groups excluding carboxylic acids is 2. The van der Waals surface area contributed by atoms with Crippen LogP contribution in [0.4, 0.5) is 0 Å². The van der Waals surface area contributed by atoms with Crippen LogP contribution in [0.2, 0.25) is 0 Å². The third-order valence-electron chi connectivity index (χ3n) is 2.64. The average molecular weight is 251 g/mol. The number of rotatable bonds is 4. The largest absolute Gasteiger partial charge is 0.367 e. The summed E-state index contributed by atoms with van der Waals surface area (Å²) >= 11 is 0. The van der Waals surface area contributed by atoms with Crippen LogP contribution >= 0.6 is 0 Å². The van der Waals surface area contributed by atoms with E-state index in [2.05, 4.69) is 10.3 Å². The second kappa shape index (κ2) is 6.00. The number of nitrogens with zero attached hydrogens (tertiary/aromatic N) is 1. The van der Waals surface area contributed by atoms with Crippen molar-refractivity contribution in [3.8, 4) is 0 Å². The van der Waals surface area contributed by atoms with Crippen molar-refractivity contribution >= 4 is 11.8 Å². The number of H-pyrrole nitrogens is 1. The molecule has 0 aromatic carbocycles. The molecule has 98 valence electrons. The SMILES string of the molecule is CCN(C)C(=O)C(C)NC(=O)c1c[nH]ccc1=O. The second-order valence-corrected chi connectivity index (χ2v) is 3.97. The van der Waals surface area contributed by atoms with Gasteiger partial charge in [0.25, 0.3) is 5.91 Å². The Hall–Kier alpha value is -2.11. The Balaban J connectivity index is 2.74. The van der Waals surface area contributed by atoms with Crippen molar-refractivity contribution in [3.63, 3.8) is 0 Å². The third kappa shape index (κ3) is 3.19. The van der Waals surface area contributed by atoms with Crippen molar-refractivity contribution in [2.24, 2.45) is 0 Å². The monoisotopic (exact) mass is 251 g/mol. The van der Waals surface area contributed by atoms with Crippen LogP contribution in [0, 0.1) is 0 Å². The normalized spacial score (nSPS) is 11.7. The predicted octanol–water partition coefficient (Wildman–Crippen LogP) is -0.0285. The Labute approximate surface area is 105 Å². The molecule has 18 heavy (non-hydrogen) atoms. The Morgan fingerprint density at radius 1 is 1.50 bits per heavy atom. The van der Waals surface area contributed by atoms with Gasteiger partial charge in [-0.25, -0.2) is 0 Å². The molecular weight excluding hydrogens is 234 g/mol. The van der Waals surface area contributed by atoms with Crippen LogP contribution in [0.5, 0.6) is 0 Å². The van der Waals surface area contributed by atoms with Crippen LogP contribution in [0.25, 0.3) is 0 Å². The fourth-order valence-electron chi connectivity index (χ4n) is 1.42. The van der Waals surface area contributed by atoms with Gasteiger partial charge in [-0.1, -0.05) is 0 Å². The summed E-state index contributed by atoms with van der Waals surface area (Å²) in [4.78, 5) is 39.1. The molecule has 1 aromatic rings. The van der Waals surface area contributed by atoms with E-state index in [1.54, 1.807) is 14.0 Å². The molecule has 0 saturated heterocycles. The summed E-state index contributed by atoms with van der Waals surface area (Å²) in [5.41, 5.74) is -0.383.